The molecule has 0 aliphatic heterocycles. The summed E-state index contributed by atoms with van der Waals surface area (Å²) in [5.74, 6) is -8.30. The number of anilines is 2. The summed E-state index contributed by atoms with van der Waals surface area (Å²) in [7, 11) is -8.55. The van der Waals surface area contributed by atoms with Crippen molar-refractivity contribution in [1.29, 1.82) is 0 Å². The molecule has 1 fully saturated rings. The number of nitrogens with zero attached hydrogens (tertiary/aromatic N) is 2. The predicted octanol–water partition coefficient (Wildman–Crippen LogP) is 9.11. The zero-order chi connectivity index (χ0) is 42.8. The quantitative estimate of drug-likeness (QED) is 0.0397. The number of aromatic nitrogens is 4. The third kappa shape index (κ3) is 10.8. The average Bonchev–Trinajstić information content (AvgIpc) is 3.65. The molecule has 1 saturated carbocycles. The minimum atomic E-state index is -4.28. The minimum Gasteiger partial charge on any atom is -0.466 e. The van der Waals surface area contributed by atoms with Crippen molar-refractivity contribution in [2.75, 3.05) is 22.7 Å². The molecule has 4 aromatic heterocycles. The number of benzene rings is 2. The van der Waals surface area contributed by atoms with Gasteiger partial charge >= 0.3 is 11.9 Å². The Morgan fingerprint density at radius 1 is 0.770 bits per heavy atom. The van der Waals surface area contributed by atoms with Gasteiger partial charge in [0.2, 0.25) is 11.9 Å². The van der Waals surface area contributed by atoms with Gasteiger partial charge in [-0.05, 0) is 74.9 Å². The van der Waals surface area contributed by atoms with Gasteiger partial charge in [-0.3, -0.25) is 14.2 Å². The monoisotopic (exact) mass is 928 g/mol. The van der Waals surface area contributed by atoms with E-state index in [1.165, 1.54) is 42.7 Å². The van der Waals surface area contributed by atoms with Crippen molar-refractivity contribution >= 4 is 94.7 Å². The molecule has 4 N–H and O–H groups in total. The van der Waals surface area contributed by atoms with Crippen LogP contribution in [-0.4, -0.2) is 61.9 Å². The first-order chi connectivity index (χ1) is 27.9. The van der Waals surface area contributed by atoms with Crippen molar-refractivity contribution in [2.24, 2.45) is 5.92 Å². The maximum Gasteiger partial charge on any atom is 0.330 e. The molecule has 2 unspecified atom stereocenters. The van der Waals surface area contributed by atoms with Gasteiger partial charge in [0, 0.05) is 67.4 Å². The number of H-pyrrole nitrogens is 2. The molecule has 6 aromatic rings. The maximum atomic E-state index is 14.5. The fraction of sp³-hybridized carbons (Fsp3) is 0.231. The largest absolute Gasteiger partial charge is 0.466 e. The highest BCUT2D eigenvalue weighted by Gasteiger charge is 2.47. The Kier molecular flexibility index (Phi) is 15.2. The molecule has 0 amide bonds. The lowest BCUT2D eigenvalue weighted by Gasteiger charge is -2.10. The van der Waals surface area contributed by atoms with Crippen LogP contribution in [0.15, 0.2) is 76.8 Å². The van der Waals surface area contributed by atoms with E-state index in [-0.39, 0.29) is 49.0 Å². The molecular weight excluding hydrogens is 891 g/mol. The number of ether oxygens (including phenoxy) is 2. The Bertz CT molecular complexity index is 2880. The summed E-state index contributed by atoms with van der Waals surface area (Å²) in [6.07, 6.45) is 4.63. The molecule has 7 rings (SSSR count). The molecule has 2 atom stereocenters. The van der Waals surface area contributed by atoms with Crippen molar-refractivity contribution in [3.8, 4) is 0 Å². The molecule has 61 heavy (non-hydrogen) atoms. The fourth-order valence-electron chi connectivity index (χ4n) is 5.83. The van der Waals surface area contributed by atoms with Crippen LogP contribution in [0.5, 0.6) is 0 Å². The Hall–Kier alpha value is -5.70. The Balaban J connectivity index is 0.000000260. The second kappa shape index (κ2) is 19.3. The number of pyridine rings is 2. The highest BCUT2D eigenvalue weighted by molar-refractivity contribution is 7.93. The van der Waals surface area contributed by atoms with E-state index in [1.807, 2.05) is 9.44 Å². The first-order valence-corrected chi connectivity index (χ1v) is 21.0. The van der Waals surface area contributed by atoms with Gasteiger partial charge in [-0.25, -0.2) is 30.4 Å². The standard InChI is InChI=1S/C19H16ClF2N3O4S.C18H14ClF2N3O4S.2CH4/c1-2-29-19(26)13-6-11(13)12-7-14(21)18(24-17(12)22)25-30(27,28)16-8-23-15-5-9(20)3-4-10(15)16;1-2-28-16(25)6-3-10-7-13(20)18(23-17(10)21)24-29(26,27)15-9-22-14-8-11(19)4-5-12(14)15;;/h3-5,7-8,11,13,23H,2,6H2,1H3,(H,24,25);3-9,22H,2H2,1H3,(H,23,24);2*1H4/b;6-3+;;. The number of esters is 2. The summed E-state index contributed by atoms with van der Waals surface area (Å²) >= 11 is 11.8. The first kappa shape index (κ1) is 48.0. The topological polar surface area (TPSA) is 202 Å². The third-order valence-electron chi connectivity index (χ3n) is 8.63. The molecular formula is C39H38Cl2F4N6O8S2. The normalized spacial score (nSPS) is 14.7. The molecule has 1 aliphatic carbocycles. The van der Waals surface area contributed by atoms with Gasteiger partial charge in [-0.15, -0.1) is 0 Å². The molecule has 14 nitrogen and oxygen atoms in total. The van der Waals surface area contributed by atoms with Gasteiger partial charge in [0.25, 0.3) is 20.0 Å². The second-order valence-electron chi connectivity index (χ2n) is 12.6. The van der Waals surface area contributed by atoms with Crippen LogP contribution in [0.25, 0.3) is 27.9 Å². The van der Waals surface area contributed by atoms with Crippen LogP contribution in [0, 0.1) is 29.4 Å². The summed E-state index contributed by atoms with van der Waals surface area (Å²) in [6, 6.07) is 10.6. The number of hydrogen-bond donors (Lipinski definition) is 4. The van der Waals surface area contributed by atoms with Crippen LogP contribution < -0.4 is 9.44 Å². The number of sulfonamides is 2. The van der Waals surface area contributed by atoms with Gasteiger partial charge in [-0.2, -0.15) is 18.7 Å². The minimum absolute atomic E-state index is 0. The summed E-state index contributed by atoms with van der Waals surface area (Å²) < 4.78 is 122. The van der Waals surface area contributed by atoms with E-state index in [4.69, 9.17) is 27.9 Å². The zero-order valence-corrected chi connectivity index (χ0v) is 33.6. The number of halogens is 6. The number of hydrogen-bond acceptors (Lipinski definition) is 10. The van der Waals surface area contributed by atoms with Crippen LogP contribution in [0.4, 0.5) is 29.2 Å². The zero-order valence-electron chi connectivity index (χ0n) is 30.4. The summed E-state index contributed by atoms with van der Waals surface area (Å²) in [5, 5.41) is 1.46. The SMILES string of the molecule is C.C.CCOC(=O)/C=C/c1cc(F)c(NS(=O)(=O)c2c[nH]c3cc(Cl)ccc23)nc1F.CCOC(=O)C1CC1c1cc(F)c(NS(=O)(=O)c2c[nH]c3cc(Cl)ccc23)nc1F. The van der Waals surface area contributed by atoms with E-state index in [2.05, 4.69) is 24.7 Å². The predicted molar refractivity (Wildman–Crippen MR) is 223 cm³/mol. The third-order valence-corrected chi connectivity index (χ3v) is 11.9. The Labute approximate surface area is 357 Å². The number of fused-ring (bicyclic) bond motifs is 2. The first-order valence-electron chi connectivity index (χ1n) is 17.2. The highest BCUT2D eigenvalue weighted by Crippen LogP contribution is 2.49. The molecule has 0 radical (unpaired) electrons. The lowest BCUT2D eigenvalue weighted by atomic mass is 10.1. The molecule has 326 valence electrons. The van der Waals surface area contributed by atoms with E-state index in [0.29, 0.717) is 44.3 Å². The van der Waals surface area contributed by atoms with E-state index < -0.39 is 79.0 Å². The molecule has 4 heterocycles. The van der Waals surface area contributed by atoms with Crippen LogP contribution in [0.2, 0.25) is 10.0 Å². The van der Waals surface area contributed by atoms with Crippen molar-refractivity contribution in [3.05, 3.63) is 112 Å². The molecule has 1 aliphatic rings. The molecule has 0 bridgehead atoms. The molecule has 0 spiro atoms. The number of rotatable bonds is 12. The van der Waals surface area contributed by atoms with E-state index in [9.17, 15) is 44.0 Å². The van der Waals surface area contributed by atoms with Crippen LogP contribution in [0.3, 0.4) is 0 Å². The molecule has 0 saturated heterocycles. The van der Waals surface area contributed by atoms with Crippen molar-refractivity contribution in [1.82, 2.24) is 19.9 Å². The van der Waals surface area contributed by atoms with Gasteiger partial charge in [0.05, 0.1) is 19.1 Å². The number of aromatic amines is 2. The maximum absolute atomic E-state index is 14.5. The van der Waals surface area contributed by atoms with Crippen molar-refractivity contribution in [2.45, 2.75) is 50.8 Å². The average molecular weight is 930 g/mol. The van der Waals surface area contributed by atoms with Gasteiger partial charge in [0.1, 0.15) is 9.79 Å². The van der Waals surface area contributed by atoms with Crippen molar-refractivity contribution < 1.29 is 53.5 Å². The Morgan fingerprint density at radius 3 is 1.77 bits per heavy atom. The van der Waals surface area contributed by atoms with Gasteiger partial charge < -0.3 is 19.4 Å². The van der Waals surface area contributed by atoms with Gasteiger partial charge in [0.15, 0.2) is 23.3 Å². The number of nitrogens with one attached hydrogen (secondary N) is 4. The van der Waals surface area contributed by atoms with Gasteiger partial charge in [-0.1, -0.05) is 38.1 Å². The van der Waals surface area contributed by atoms with Crippen LogP contribution in [0.1, 0.15) is 52.2 Å². The number of carbonyl (C=O) groups excluding carboxylic acids is 2. The lowest BCUT2D eigenvalue weighted by molar-refractivity contribution is -0.144. The molecule has 2 aromatic carbocycles. The van der Waals surface area contributed by atoms with E-state index >= 15 is 0 Å². The second-order valence-corrected chi connectivity index (χ2v) is 16.8. The Morgan fingerprint density at radius 2 is 1.26 bits per heavy atom. The smallest absolute Gasteiger partial charge is 0.330 e. The fourth-order valence-corrected chi connectivity index (χ4v) is 8.55. The van der Waals surface area contributed by atoms with Crippen LogP contribution in [-0.2, 0) is 39.1 Å². The van der Waals surface area contributed by atoms with E-state index in [0.717, 1.165) is 18.2 Å². The van der Waals surface area contributed by atoms with Crippen LogP contribution >= 0.6 is 23.2 Å². The summed E-state index contributed by atoms with van der Waals surface area (Å²) in [4.78, 5) is 35.0. The summed E-state index contributed by atoms with van der Waals surface area (Å²) in [6.45, 7) is 3.56. The summed E-state index contributed by atoms with van der Waals surface area (Å²) in [5.41, 5.74) is 0.490. The lowest BCUT2D eigenvalue weighted by Crippen LogP contribution is -2.16. The highest BCUT2D eigenvalue weighted by atomic mass is 35.5. The van der Waals surface area contributed by atoms with E-state index in [1.54, 1.807) is 19.9 Å². The van der Waals surface area contributed by atoms with Crippen molar-refractivity contribution in [3.63, 3.8) is 0 Å². The molecule has 22 heteroatoms. The number of carbonyl (C=O) groups is 2.